The smallest absolute Gasteiger partial charge is 0.406 e. The minimum atomic E-state index is -4.67. The van der Waals surface area contributed by atoms with E-state index >= 15 is 0 Å². The Balaban J connectivity index is 2.26. The Morgan fingerprint density at radius 3 is 2.40 bits per heavy atom. The Morgan fingerprint density at radius 2 is 1.70 bits per heavy atom. The molecule has 20 heavy (non-hydrogen) atoms. The van der Waals surface area contributed by atoms with Crippen LogP contribution in [0, 0.1) is 0 Å². The minimum absolute atomic E-state index is 0.191. The first-order valence-electron chi connectivity index (χ1n) is 6.26. The quantitative estimate of drug-likeness (QED) is 0.662. The summed E-state index contributed by atoms with van der Waals surface area (Å²) in [6.07, 6.45) is -4.67. The molecule has 1 aromatic heterocycles. The molecule has 0 aliphatic heterocycles. The topological polar surface area (TPSA) is 14.2 Å². The molecular formula is C15H12F3NO. The highest BCUT2D eigenvalue weighted by Gasteiger charge is 2.31. The lowest BCUT2D eigenvalue weighted by Gasteiger charge is -2.09. The number of halogens is 3. The Hall–Kier alpha value is -2.17. The number of rotatable bonds is 2. The molecule has 3 rings (SSSR count). The van der Waals surface area contributed by atoms with E-state index in [1.807, 2.05) is 31.2 Å². The van der Waals surface area contributed by atoms with Crippen molar-refractivity contribution in [2.45, 2.75) is 19.8 Å². The van der Waals surface area contributed by atoms with Gasteiger partial charge in [0.05, 0.1) is 0 Å². The van der Waals surface area contributed by atoms with Gasteiger partial charge in [-0.3, -0.25) is 0 Å². The van der Waals surface area contributed by atoms with Gasteiger partial charge in [-0.15, -0.1) is 13.2 Å². The third-order valence-electron chi connectivity index (χ3n) is 3.29. The molecule has 0 saturated carbocycles. The summed E-state index contributed by atoms with van der Waals surface area (Å²) in [5, 5.41) is 1.70. The lowest BCUT2D eigenvalue weighted by atomic mass is 10.1. The summed E-state index contributed by atoms with van der Waals surface area (Å²) >= 11 is 0. The molecule has 2 nitrogen and oxygen atoms in total. The maximum atomic E-state index is 12.3. The molecule has 0 unspecified atom stereocenters. The average Bonchev–Trinajstić information content (AvgIpc) is 2.70. The maximum Gasteiger partial charge on any atom is 0.573 e. The van der Waals surface area contributed by atoms with Crippen molar-refractivity contribution in [1.82, 2.24) is 4.57 Å². The zero-order valence-electron chi connectivity index (χ0n) is 10.7. The largest absolute Gasteiger partial charge is 0.573 e. The molecule has 0 N–H and O–H groups in total. The lowest BCUT2D eigenvalue weighted by Crippen LogP contribution is -2.16. The SMILES string of the molecule is CCn1c2ccccc2c2cc(OC(F)(F)F)ccc21. The normalized spacial score (nSPS) is 12.2. The zero-order valence-corrected chi connectivity index (χ0v) is 10.7. The van der Waals surface area contributed by atoms with Gasteiger partial charge in [0.2, 0.25) is 0 Å². The van der Waals surface area contributed by atoms with Crippen LogP contribution < -0.4 is 4.74 Å². The molecule has 0 aliphatic carbocycles. The van der Waals surface area contributed by atoms with Crippen LogP contribution in [0.25, 0.3) is 21.8 Å². The van der Waals surface area contributed by atoms with Crippen LogP contribution in [-0.4, -0.2) is 10.9 Å². The summed E-state index contributed by atoms with van der Waals surface area (Å²) in [5.74, 6) is -0.191. The van der Waals surface area contributed by atoms with Crippen molar-refractivity contribution in [1.29, 1.82) is 0 Å². The van der Waals surface area contributed by atoms with Crippen LogP contribution in [0.5, 0.6) is 5.75 Å². The van der Waals surface area contributed by atoms with E-state index in [-0.39, 0.29) is 5.75 Å². The molecule has 0 amide bonds. The van der Waals surface area contributed by atoms with Gasteiger partial charge in [-0.1, -0.05) is 18.2 Å². The second-order valence-corrected chi connectivity index (χ2v) is 4.49. The molecule has 0 bridgehead atoms. The van der Waals surface area contributed by atoms with Crippen molar-refractivity contribution < 1.29 is 17.9 Å². The number of hydrogen-bond acceptors (Lipinski definition) is 1. The fourth-order valence-electron chi connectivity index (χ4n) is 2.57. The number of para-hydroxylation sites is 1. The Labute approximate surface area is 113 Å². The second-order valence-electron chi connectivity index (χ2n) is 4.49. The van der Waals surface area contributed by atoms with E-state index in [0.717, 1.165) is 28.4 Å². The summed E-state index contributed by atoms with van der Waals surface area (Å²) in [4.78, 5) is 0. The van der Waals surface area contributed by atoms with Gasteiger partial charge in [0.25, 0.3) is 0 Å². The van der Waals surface area contributed by atoms with Crippen molar-refractivity contribution in [2.24, 2.45) is 0 Å². The minimum Gasteiger partial charge on any atom is -0.406 e. The van der Waals surface area contributed by atoms with E-state index in [9.17, 15) is 13.2 Å². The third-order valence-corrected chi connectivity index (χ3v) is 3.29. The van der Waals surface area contributed by atoms with Crippen molar-refractivity contribution in [3.05, 3.63) is 42.5 Å². The van der Waals surface area contributed by atoms with Gasteiger partial charge in [0.1, 0.15) is 5.75 Å². The molecule has 3 aromatic rings. The summed E-state index contributed by atoms with van der Waals surface area (Å²) in [5.41, 5.74) is 1.91. The van der Waals surface area contributed by atoms with Crippen LogP contribution in [0.4, 0.5) is 13.2 Å². The molecule has 2 aromatic carbocycles. The first-order valence-corrected chi connectivity index (χ1v) is 6.26. The van der Waals surface area contributed by atoms with Gasteiger partial charge in [0.15, 0.2) is 0 Å². The number of aromatic nitrogens is 1. The van der Waals surface area contributed by atoms with Crippen molar-refractivity contribution >= 4 is 21.8 Å². The van der Waals surface area contributed by atoms with Gasteiger partial charge < -0.3 is 9.30 Å². The Kier molecular flexibility index (Phi) is 2.85. The van der Waals surface area contributed by atoms with Crippen molar-refractivity contribution in [2.75, 3.05) is 0 Å². The molecule has 0 saturated heterocycles. The monoisotopic (exact) mass is 279 g/mol. The number of hydrogen-bond donors (Lipinski definition) is 0. The predicted molar refractivity (Wildman–Crippen MR) is 71.8 cm³/mol. The van der Waals surface area contributed by atoms with Gasteiger partial charge in [-0.25, -0.2) is 0 Å². The van der Waals surface area contributed by atoms with Crippen molar-refractivity contribution in [3.8, 4) is 5.75 Å². The van der Waals surface area contributed by atoms with E-state index in [0.29, 0.717) is 0 Å². The fourth-order valence-corrected chi connectivity index (χ4v) is 2.57. The van der Waals surface area contributed by atoms with Gasteiger partial charge in [-0.2, -0.15) is 0 Å². The zero-order chi connectivity index (χ0) is 14.3. The van der Waals surface area contributed by atoms with Gasteiger partial charge in [0, 0.05) is 28.4 Å². The number of benzene rings is 2. The number of alkyl halides is 3. The molecule has 0 spiro atoms. The number of ether oxygens (including phenoxy) is 1. The van der Waals surface area contributed by atoms with Gasteiger partial charge >= 0.3 is 6.36 Å². The Bertz CT molecular complexity index is 774. The molecule has 0 aliphatic rings. The highest BCUT2D eigenvalue weighted by atomic mass is 19.4. The summed E-state index contributed by atoms with van der Waals surface area (Å²) < 4.78 is 43.0. The van der Waals surface area contributed by atoms with Crippen LogP contribution in [0.1, 0.15) is 6.92 Å². The van der Waals surface area contributed by atoms with Crippen LogP contribution in [0.2, 0.25) is 0 Å². The Morgan fingerprint density at radius 1 is 1.00 bits per heavy atom. The molecule has 0 fully saturated rings. The number of nitrogens with zero attached hydrogens (tertiary/aromatic N) is 1. The summed E-state index contributed by atoms with van der Waals surface area (Å²) in [6, 6.07) is 12.1. The van der Waals surface area contributed by atoms with E-state index in [4.69, 9.17) is 0 Å². The van der Waals surface area contributed by atoms with E-state index in [1.165, 1.54) is 12.1 Å². The molecule has 0 atom stereocenters. The maximum absolute atomic E-state index is 12.3. The molecule has 5 heteroatoms. The standard InChI is InChI=1S/C15H12F3NO/c1-2-19-13-6-4-3-5-11(13)12-9-10(7-8-14(12)19)20-15(16,17)18/h3-9H,2H2,1H3. The fraction of sp³-hybridized carbons (Fsp3) is 0.200. The van der Waals surface area contributed by atoms with Gasteiger partial charge in [-0.05, 0) is 31.2 Å². The first-order chi connectivity index (χ1) is 9.49. The molecule has 1 heterocycles. The average molecular weight is 279 g/mol. The second kappa shape index (κ2) is 4.44. The predicted octanol–water partition coefficient (Wildman–Crippen LogP) is 4.71. The number of aryl methyl sites for hydroxylation is 1. The lowest BCUT2D eigenvalue weighted by molar-refractivity contribution is -0.274. The molecular weight excluding hydrogens is 267 g/mol. The molecule has 0 radical (unpaired) electrons. The van der Waals surface area contributed by atoms with Crippen LogP contribution >= 0.6 is 0 Å². The van der Waals surface area contributed by atoms with E-state index in [1.54, 1.807) is 6.07 Å². The number of fused-ring (bicyclic) bond motifs is 3. The van der Waals surface area contributed by atoms with Crippen LogP contribution in [0.3, 0.4) is 0 Å². The highest BCUT2D eigenvalue weighted by molar-refractivity contribution is 6.08. The molecule has 104 valence electrons. The van der Waals surface area contributed by atoms with Crippen LogP contribution in [0.15, 0.2) is 42.5 Å². The van der Waals surface area contributed by atoms with E-state index in [2.05, 4.69) is 9.30 Å². The summed E-state index contributed by atoms with van der Waals surface area (Å²) in [7, 11) is 0. The third kappa shape index (κ3) is 2.09. The highest BCUT2D eigenvalue weighted by Crippen LogP contribution is 2.33. The van der Waals surface area contributed by atoms with Crippen LogP contribution in [-0.2, 0) is 6.54 Å². The first kappa shape index (κ1) is 12.8. The summed E-state index contributed by atoms with van der Waals surface area (Å²) in [6.45, 7) is 2.76. The van der Waals surface area contributed by atoms with Crippen molar-refractivity contribution in [3.63, 3.8) is 0 Å². The van der Waals surface area contributed by atoms with E-state index < -0.39 is 6.36 Å².